The Morgan fingerprint density at radius 2 is 1.61 bits per heavy atom. The van der Waals surface area contributed by atoms with Crippen molar-refractivity contribution in [2.24, 2.45) is 0 Å². The molecule has 1 nitrogen and oxygen atoms in total. The average molecular weight is 237 g/mol. The van der Waals surface area contributed by atoms with Crippen LogP contribution in [0.15, 0.2) is 54.6 Å². The van der Waals surface area contributed by atoms with Gasteiger partial charge in [-0.1, -0.05) is 54.6 Å². The Bertz CT molecular complexity index is 532. The third-order valence-corrected chi connectivity index (χ3v) is 4.21. The monoisotopic (exact) mass is 237 g/mol. The third-order valence-electron chi connectivity index (χ3n) is 4.21. The van der Waals surface area contributed by atoms with E-state index in [4.69, 9.17) is 0 Å². The highest BCUT2D eigenvalue weighted by molar-refractivity contribution is 5.35. The summed E-state index contributed by atoms with van der Waals surface area (Å²) in [6.45, 7) is 2.30. The molecule has 2 aromatic carbocycles. The molecule has 0 N–H and O–H groups in total. The van der Waals surface area contributed by atoms with E-state index in [0.717, 1.165) is 6.42 Å². The molecule has 1 heterocycles. The molecule has 18 heavy (non-hydrogen) atoms. The molecule has 92 valence electrons. The maximum absolute atomic E-state index is 2.48. The van der Waals surface area contributed by atoms with E-state index in [0.29, 0.717) is 12.1 Å². The van der Waals surface area contributed by atoms with Crippen molar-refractivity contribution >= 4 is 0 Å². The minimum atomic E-state index is 0.486. The van der Waals surface area contributed by atoms with Gasteiger partial charge in [0, 0.05) is 12.1 Å². The quantitative estimate of drug-likeness (QED) is 0.725. The maximum atomic E-state index is 2.48. The molecule has 1 heteroatoms. The predicted molar refractivity (Wildman–Crippen MR) is 75.5 cm³/mol. The van der Waals surface area contributed by atoms with Gasteiger partial charge < -0.3 is 0 Å². The highest BCUT2D eigenvalue weighted by Gasteiger charge is 2.29. The van der Waals surface area contributed by atoms with E-state index in [9.17, 15) is 0 Å². The van der Waals surface area contributed by atoms with Crippen LogP contribution in [0.4, 0.5) is 0 Å². The molecule has 3 rings (SSSR count). The summed E-state index contributed by atoms with van der Waals surface area (Å²) in [5.41, 5.74) is 4.39. The van der Waals surface area contributed by atoms with Crippen molar-refractivity contribution < 1.29 is 0 Å². The Balaban J connectivity index is 2.01. The third kappa shape index (κ3) is 1.85. The SMILES string of the molecule is CC1c2ccccc2CC(c2ccccc2)N1C. The normalized spacial score (nSPS) is 23.7. The molecule has 2 aromatic rings. The molecule has 0 spiro atoms. The number of hydrogen-bond donors (Lipinski definition) is 0. The molecule has 2 unspecified atom stereocenters. The summed E-state index contributed by atoms with van der Waals surface area (Å²) < 4.78 is 0. The van der Waals surface area contributed by atoms with Crippen molar-refractivity contribution in [1.82, 2.24) is 4.90 Å². The van der Waals surface area contributed by atoms with Gasteiger partial charge in [-0.25, -0.2) is 0 Å². The van der Waals surface area contributed by atoms with E-state index in [1.165, 1.54) is 16.7 Å². The van der Waals surface area contributed by atoms with E-state index in [2.05, 4.69) is 73.5 Å². The van der Waals surface area contributed by atoms with Gasteiger partial charge in [-0.2, -0.15) is 0 Å². The van der Waals surface area contributed by atoms with Crippen LogP contribution in [0, 0.1) is 0 Å². The van der Waals surface area contributed by atoms with E-state index in [1.807, 2.05) is 0 Å². The van der Waals surface area contributed by atoms with Crippen LogP contribution in [-0.4, -0.2) is 11.9 Å². The van der Waals surface area contributed by atoms with Crippen LogP contribution in [-0.2, 0) is 6.42 Å². The molecule has 2 atom stereocenters. The van der Waals surface area contributed by atoms with Gasteiger partial charge in [-0.05, 0) is 37.1 Å². The molecule has 1 aliphatic rings. The zero-order valence-electron chi connectivity index (χ0n) is 11.0. The van der Waals surface area contributed by atoms with Crippen molar-refractivity contribution in [1.29, 1.82) is 0 Å². The van der Waals surface area contributed by atoms with Gasteiger partial charge in [0.05, 0.1) is 0 Å². The lowest BCUT2D eigenvalue weighted by Gasteiger charge is -2.39. The smallest absolute Gasteiger partial charge is 0.0391 e. The van der Waals surface area contributed by atoms with E-state index >= 15 is 0 Å². The molecule has 0 bridgehead atoms. The van der Waals surface area contributed by atoms with Gasteiger partial charge in [0.1, 0.15) is 0 Å². The Morgan fingerprint density at radius 1 is 0.944 bits per heavy atom. The van der Waals surface area contributed by atoms with Crippen molar-refractivity contribution in [3.05, 3.63) is 71.3 Å². The van der Waals surface area contributed by atoms with Gasteiger partial charge in [0.15, 0.2) is 0 Å². The topological polar surface area (TPSA) is 3.24 Å². The van der Waals surface area contributed by atoms with Crippen LogP contribution in [0.2, 0.25) is 0 Å². The number of fused-ring (bicyclic) bond motifs is 1. The summed E-state index contributed by atoms with van der Waals surface area (Å²) in [6, 6.07) is 20.6. The number of rotatable bonds is 1. The Labute approximate surface area is 109 Å². The van der Waals surface area contributed by atoms with Crippen LogP contribution in [0.1, 0.15) is 35.7 Å². The minimum absolute atomic E-state index is 0.486. The van der Waals surface area contributed by atoms with Crippen molar-refractivity contribution in [2.45, 2.75) is 25.4 Å². The second-order valence-corrected chi connectivity index (χ2v) is 5.17. The molecule has 0 aromatic heterocycles. The molecule has 1 aliphatic heterocycles. The van der Waals surface area contributed by atoms with E-state index in [-0.39, 0.29) is 0 Å². The average Bonchev–Trinajstić information content (AvgIpc) is 2.44. The molecule has 0 saturated carbocycles. The summed E-state index contributed by atoms with van der Waals surface area (Å²) in [6.07, 6.45) is 1.11. The molecular formula is C17H19N. The second-order valence-electron chi connectivity index (χ2n) is 5.17. The first-order valence-corrected chi connectivity index (χ1v) is 6.62. The van der Waals surface area contributed by atoms with Crippen LogP contribution in [0.3, 0.4) is 0 Å². The fraction of sp³-hybridized carbons (Fsp3) is 0.294. The number of benzene rings is 2. The molecule has 0 saturated heterocycles. The highest BCUT2D eigenvalue weighted by Crippen LogP contribution is 2.38. The largest absolute Gasteiger partial charge is 0.292 e. The van der Waals surface area contributed by atoms with Crippen LogP contribution < -0.4 is 0 Å². The standard InChI is InChI=1S/C17H19N/c1-13-16-11-7-6-10-15(16)12-17(18(13)2)14-8-4-3-5-9-14/h3-11,13,17H,12H2,1-2H3. The van der Waals surface area contributed by atoms with Crippen molar-refractivity contribution in [3.8, 4) is 0 Å². The van der Waals surface area contributed by atoms with Crippen molar-refractivity contribution in [2.75, 3.05) is 7.05 Å². The van der Waals surface area contributed by atoms with Gasteiger partial charge in [0.25, 0.3) is 0 Å². The first kappa shape index (κ1) is 11.5. The van der Waals surface area contributed by atoms with Crippen LogP contribution in [0.5, 0.6) is 0 Å². The molecule has 0 aliphatic carbocycles. The Hall–Kier alpha value is -1.60. The molecule has 0 fully saturated rings. The van der Waals surface area contributed by atoms with Crippen LogP contribution >= 0.6 is 0 Å². The van der Waals surface area contributed by atoms with Crippen molar-refractivity contribution in [3.63, 3.8) is 0 Å². The van der Waals surface area contributed by atoms with E-state index < -0.39 is 0 Å². The number of hydrogen-bond acceptors (Lipinski definition) is 1. The zero-order chi connectivity index (χ0) is 12.5. The fourth-order valence-corrected chi connectivity index (χ4v) is 3.00. The Morgan fingerprint density at radius 3 is 2.39 bits per heavy atom. The second kappa shape index (κ2) is 4.58. The fourth-order valence-electron chi connectivity index (χ4n) is 3.00. The predicted octanol–water partition coefficient (Wildman–Crippen LogP) is 3.98. The van der Waals surface area contributed by atoms with Crippen LogP contribution in [0.25, 0.3) is 0 Å². The number of likely N-dealkylation sites (N-methyl/N-ethyl adjacent to an activating group) is 1. The first-order chi connectivity index (χ1) is 8.77. The lowest BCUT2D eigenvalue weighted by molar-refractivity contribution is 0.167. The van der Waals surface area contributed by atoms with Gasteiger partial charge >= 0.3 is 0 Å². The minimum Gasteiger partial charge on any atom is -0.292 e. The van der Waals surface area contributed by atoms with E-state index in [1.54, 1.807) is 0 Å². The van der Waals surface area contributed by atoms with Gasteiger partial charge in [0.2, 0.25) is 0 Å². The number of nitrogens with zero attached hydrogens (tertiary/aromatic N) is 1. The summed E-state index contributed by atoms with van der Waals surface area (Å²) in [5.74, 6) is 0. The molecule has 0 radical (unpaired) electrons. The summed E-state index contributed by atoms with van der Waals surface area (Å²) in [5, 5.41) is 0. The Kier molecular flexibility index (Phi) is 2.92. The lowest BCUT2D eigenvalue weighted by Crippen LogP contribution is -2.33. The first-order valence-electron chi connectivity index (χ1n) is 6.62. The van der Waals surface area contributed by atoms with Gasteiger partial charge in [-0.3, -0.25) is 4.90 Å². The summed E-state index contributed by atoms with van der Waals surface area (Å²) in [4.78, 5) is 2.48. The maximum Gasteiger partial charge on any atom is 0.0391 e. The zero-order valence-corrected chi connectivity index (χ0v) is 11.0. The lowest BCUT2D eigenvalue weighted by atomic mass is 9.86. The summed E-state index contributed by atoms with van der Waals surface area (Å²) in [7, 11) is 2.23. The molecule has 0 amide bonds. The highest BCUT2D eigenvalue weighted by atomic mass is 15.2. The molecular weight excluding hydrogens is 218 g/mol. The van der Waals surface area contributed by atoms with Gasteiger partial charge in [-0.15, -0.1) is 0 Å². The summed E-state index contributed by atoms with van der Waals surface area (Å²) >= 11 is 0.